The molecule has 0 saturated carbocycles. The summed E-state index contributed by atoms with van der Waals surface area (Å²) in [5.41, 5.74) is 3.80. The van der Waals surface area contributed by atoms with Gasteiger partial charge in [0.2, 0.25) is 11.8 Å². The summed E-state index contributed by atoms with van der Waals surface area (Å²) in [6.45, 7) is 9.89. The Morgan fingerprint density at radius 1 is 0.566 bits per heavy atom. The van der Waals surface area contributed by atoms with Crippen molar-refractivity contribution in [3.05, 3.63) is 0 Å². The van der Waals surface area contributed by atoms with Crippen molar-refractivity contribution in [2.75, 3.05) is 65.8 Å². The van der Waals surface area contributed by atoms with E-state index < -0.39 is 47.6 Å². The standard InChI is InChI=1S/C56H102N6O14/c1-42(2)36-56(6,62-39-49(67)55(4,5)57)50(68)38-61-46(48(66)37-60-47(40-63)43(3)64)26-23-24-30-58-52(70)41-76-34-33-75-32-31-59-51(69)29-28-44(54(73)74)35-45(65)25-21-19-17-15-13-11-9-7-8-10-12-14-16-18-20-22-27-53(71)72/h42,44,46-47,60-63H,7-41,57H2,1-6H3,(H,58,70)(H,59,69)(H,71,72)(H,73,74)/t44-,46+,47+,56+/m1/s1. The number of carboxylic acids is 2. The highest BCUT2D eigenvalue weighted by molar-refractivity contribution is 5.93. The van der Waals surface area contributed by atoms with E-state index >= 15 is 0 Å². The maximum Gasteiger partial charge on any atom is 0.306 e. The predicted octanol–water partition coefficient (Wildman–Crippen LogP) is 5.31. The minimum atomic E-state index is -1.09. The summed E-state index contributed by atoms with van der Waals surface area (Å²) in [4.78, 5) is 111. The molecule has 76 heavy (non-hydrogen) atoms. The largest absolute Gasteiger partial charge is 0.481 e. The van der Waals surface area contributed by atoms with Crippen molar-refractivity contribution in [1.29, 1.82) is 0 Å². The topological polar surface area (TPSA) is 319 Å². The molecule has 2 amide bonds. The number of ketones is 5. The maximum absolute atomic E-state index is 13.6. The van der Waals surface area contributed by atoms with E-state index in [-0.39, 0.29) is 125 Å². The average molecular weight is 1080 g/mol. The molecule has 0 radical (unpaired) electrons. The Kier molecular flexibility index (Phi) is 41.5. The van der Waals surface area contributed by atoms with E-state index in [9.17, 15) is 53.4 Å². The van der Waals surface area contributed by atoms with Gasteiger partial charge in [0, 0.05) is 38.8 Å². The van der Waals surface area contributed by atoms with Crippen LogP contribution in [0.25, 0.3) is 0 Å². The molecule has 0 aliphatic carbocycles. The monoisotopic (exact) mass is 1080 g/mol. The molecule has 0 saturated heterocycles. The zero-order chi connectivity index (χ0) is 57.2. The lowest BCUT2D eigenvalue weighted by Gasteiger charge is -2.33. The molecule has 0 fully saturated rings. The molecule has 0 aromatic heterocycles. The van der Waals surface area contributed by atoms with E-state index in [0.29, 0.717) is 38.6 Å². The van der Waals surface area contributed by atoms with E-state index in [0.717, 1.165) is 44.9 Å². The van der Waals surface area contributed by atoms with Crippen LogP contribution < -0.4 is 32.3 Å². The van der Waals surface area contributed by atoms with Gasteiger partial charge < -0.3 is 46.5 Å². The number of carbonyl (C=O) groups is 9. The van der Waals surface area contributed by atoms with Crippen molar-refractivity contribution in [1.82, 2.24) is 26.6 Å². The van der Waals surface area contributed by atoms with Crippen molar-refractivity contribution in [2.24, 2.45) is 17.6 Å². The summed E-state index contributed by atoms with van der Waals surface area (Å²) in [7, 11) is 0. The first-order valence-electron chi connectivity index (χ1n) is 28.4. The molecule has 0 bridgehead atoms. The average Bonchev–Trinajstić information content (AvgIpc) is 3.34. The number of Topliss-reactive ketones (excluding diaryl/α,β-unsaturated/α-hetero) is 5. The Hall–Kier alpha value is -4.05. The fourth-order valence-electron chi connectivity index (χ4n) is 8.63. The smallest absolute Gasteiger partial charge is 0.306 e. The third kappa shape index (κ3) is 39.3. The summed E-state index contributed by atoms with van der Waals surface area (Å²) in [5, 5.41) is 42.3. The third-order valence-electron chi connectivity index (χ3n) is 13.4. The number of rotatable bonds is 54. The Morgan fingerprint density at radius 3 is 1.61 bits per heavy atom. The van der Waals surface area contributed by atoms with E-state index in [1.807, 2.05) is 13.8 Å². The van der Waals surface area contributed by atoms with Gasteiger partial charge in [-0.05, 0) is 78.6 Å². The number of nitrogens with two attached hydrogens (primary N) is 1. The lowest BCUT2D eigenvalue weighted by Crippen LogP contribution is -2.58. The number of carboxylic acid groups (broad SMARTS) is 2. The van der Waals surface area contributed by atoms with Gasteiger partial charge in [-0.25, -0.2) is 0 Å². The highest BCUT2D eigenvalue weighted by atomic mass is 16.5. The van der Waals surface area contributed by atoms with Gasteiger partial charge in [-0.15, -0.1) is 0 Å². The molecular weight excluding hydrogens is 981 g/mol. The van der Waals surface area contributed by atoms with Crippen LogP contribution in [0.3, 0.4) is 0 Å². The molecular formula is C56H102N6O14. The number of nitrogens with one attached hydrogen (secondary N) is 5. The first-order valence-corrected chi connectivity index (χ1v) is 28.4. The summed E-state index contributed by atoms with van der Waals surface area (Å²) >= 11 is 0. The molecule has 0 aromatic carbocycles. The molecule has 0 unspecified atom stereocenters. The zero-order valence-corrected chi connectivity index (χ0v) is 47.5. The molecule has 10 N–H and O–H groups in total. The first kappa shape index (κ1) is 72.0. The molecule has 20 nitrogen and oxygen atoms in total. The SMILES string of the molecule is CC(=O)[C@H](CO)NCC(=O)[C@H](CCCCNC(=O)COCCOCCNC(=O)CC[C@H](CC(=O)CCCCCCCCCCCCCCCCCCC(=O)O)C(=O)O)NCC(=O)[C@](C)(CC(C)C)NCC(=O)C(C)(C)N. The third-order valence-corrected chi connectivity index (χ3v) is 13.4. The van der Waals surface area contributed by atoms with Gasteiger partial charge in [-0.3, -0.25) is 53.8 Å². The number of hydrogen-bond acceptors (Lipinski definition) is 16. The number of aliphatic carboxylic acids is 2. The van der Waals surface area contributed by atoms with Gasteiger partial charge in [0.15, 0.2) is 17.3 Å². The van der Waals surface area contributed by atoms with Crippen LogP contribution >= 0.6 is 0 Å². The Labute approximate surface area is 454 Å². The minimum Gasteiger partial charge on any atom is -0.481 e. The van der Waals surface area contributed by atoms with Crippen molar-refractivity contribution < 1.29 is 67.9 Å². The van der Waals surface area contributed by atoms with Crippen LogP contribution in [0.1, 0.15) is 202 Å². The van der Waals surface area contributed by atoms with E-state index in [2.05, 4.69) is 26.6 Å². The molecule has 0 spiro atoms. The zero-order valence-electron chi connectivity index (χ0n) is 47.5. The number of hydrogen-bond donors (Lipinski definition) is 9. The number of unbranched alkanes of at least 4 members (excludes halogenated alkanes) is 16. The van der Waals surface area contributed by atoms with E-state index in [1.54, 1.807) is 20.8 Å². The van der Waals surface area contributed by atoms with Gasteiger partial charge >= 0.3 is 11.9 Å². The molecule has 4 atom stereocenters. The van der Waals surface area contributed by atoms with Gasteiger partial charge in [-0.2, -0.15) is 0 Å². The van der Waals surface area contributed by atoms with Crippen molar-refractivity contribution in [3.63, 3.8) is 0 Å². The number of amides is 2. The van der Waals surface area contributed by atoms with Gasteiger partial charge in [0.05, 0.1) is 75.1 Å². The minimum absolute atomic E-state index is 0.0296. The van der Waals surface area contributed by atoms with Gasteiger partial charge in [0.1, 0.15) is 18.2 Å². The lowest BCUT2D eigenvalue weighted by atomic mass is 9.85. The van der Waals surface area contributed by atoms with E-state index in [1.165, 1.54) is 64.7 Å². The fourth-order valence-corrected chi connectivity index (χ4v) is 8.63. The molecule has 0 aromatic rings. The number of aliphatic hydroxyl groups is 1. The predicted molar refractivity (Wildman–Crippen MR) is 293 cm³/mol. The highest BCUT2D eigenvalue weighted by Gasteiger charge is 2.36. The first-order chi connectivity index (χ1) is 36.0. The van der Waals surface area contributed by atoms with Crippen LogP contribution in [0, 0.1) is 11.8 Å². The van der Waals surface area contributed by atoms with Crippen LogP contribution in [0.15, 0.2) is 0 Å². The van der Waals surface area contributed by atoms with Crippen LogP contribution in [-0.4, -0.2) is 157 Å². The van der Waals surface area contributed by atoms with Crippen LogP contribution in [0.2, 0.25) is 0 Å². The van der Waals surface area contributed by atoms with Crippen molar-refractivity contribution in [3.8, 4) is 0 Å². The fraction of sp³-hybridized carbons (Fsp3) is 0.839. The normalized spacial score (nSPS) is 13.6. The molecule has 20 heteroatoms. The van der Waals surface area contributed by atoms with Crippen LogP contribution in [-0.2, 0) is 52.6 Å². The number of ether oxygens (including phenoxy) is 2. The quantitative estimate of drug-likeness (QED) is 0.0349. The Bertz CT molecular complexity index is 1690. The summed E-state index contributed by atoms with van der Waals surface area (Å²) < 4.78 is 10.9. The van der Waals surface area contributed by atoms with Crippen LogP contribution in [0.5, 0.6) is 0 Å². The van der Waals surface area contributed by atoms with Crippen molar-refractivity contribution in [2.45, 2.75) is 225 Å². The van der Waals surface area contributed by atoms with Crippen molar-refractivity contribution >= 4 is 52.7 Å². The highest BCUT2D eigenvalue weighted by Crippen LogP contribution is 2.20. The molecule has 0 aliphatic heterocycles. The maximum atomic E-state index is 13.6. The van der Waals surface area contributed by atoms with E-state index in [4.69, 9.17) is 20.3 Å². The molecule has 0 rings (SSSR count). The molecule has 0 aliphatic rings. The second kappa shape index (κ2) is 43.9. The number of carbonyl (C=O) groups excluding carboxylic acids is 7. The van der Waals surface area contributed by atoms with Crippen LogP contribution in [0.4, 0.5) is 0 Å². The Balaban J connectivity index is 4.36. The second-order valence-electron chi connectivity index (χ2n) is 21.7. The summed E-state index contributed by atoms with van der Waals surface area (Å²) in [6, 6.07) is -1.70. The van der Waals surface area contributed by atoms with Gasteiger partial charge in [-0.1, -0.05) is 104 Å². The second-order valence-corrected chi connectivity index (χ2v) is 21.7. The number of aliphatic hydroxyl groups excluding tert-OH is 1. The van der Waals surface area contributed by atoms with Gasteiger partial charge in [0.25, 0.3) is 0 Å². The summed E-state index contributed by atoms with van der Waals surface area (Å²) in [5.74, 6) is -4.53. The molecule has 0 heterocycles. The Morgan fingerprint density at radius 2 is 1.09 bits per heavy atom. The molecule has 440 valence electrons. The lowest BCUT2D eigenvalue weighted by molar-refractivity contribution is -0.144. The summed E-state index contributed by atoms with van der Waals surface area (Å²) in [6.07, 6.45) is 20.2.